The Morgan fingerprint density at radius 3 is 2.47 bits per heavy atom. The summed E-state index contributed by atoms with van der Waals surface area (Å²) in [7, 11) is 0. The molecule has 1 amide bonds. The van der Waals surface area contributed by atoms with Crippen LogP contribution in [0.3, 0.4) is 0 Å². The van der Waals surface area contributed by atoms with E-state index < -0.39 is 23.2 Å². The van der Waals surface area contributed by atoms with Crippen molar-refractivity contribution in [1.82, 2.24) is 14.5 Å². The standard InChI is InChI=1S/C27H25ClF4N4O2S.C2H7NO/c1-4-21(37)36-14(2)12-34(13-15(36)3)25-17-11-18(27(30,31)32)22(16-6-7-20(29)19(28)10-16)24-23(17)35(26(38)33-25)8-5-9-39-24;3-1-2-4/h4,6-7,10-11,14-15H,1,5,8-9,12-13H2,2-3H3;4H,1-3H2. The number of piperazine rings is 1. The van der Waals surface area contributed by atoms with Gasteiger partial charge in [0.15, 0.2) is 0 Å². The summed E-state index contributed by atoms with van der Waals surface area (Å²) in [6.07, 6.45) is -2.98. The number of aryl methyl sites for hydroxylation is 1. The quantitative estimate of drug-likeness (QED) is 0.308. The number of halogens is 5. The highest BCUT2D eigenvalue weighted by molar-refractivity contribution is 7.99. The molecule has 1 aromatic heterocycles. The number of anilines is 1. The van der Waals surface area contributed by atoms with E-state index >= 15 is 0 Å². The first-order valence-electron chi connectivity index (χ1n) is 13.6. The Hall–Kier alpha value is -3.13. The number of amides is 1. The van der Waals surface area contributed by atoms with Crippen molar-refractivity contribution in [2.24, 2.45) is 5.73 Å². The summed E-state index contributed by atoms with van der Waals surface area (Å²) in [6.45, 7) is 8.54. The van der Waals surface area contributed by atoms with E-state index in [0.717, 1.165) is 12.1 Å². The molecule has 14 heteroatoms. The Labute approximate surface area is 255 Å². The van der Waals surface area contributed by atoms with Crippen LogP contribution in [0, 0.1) is 5.82 Å². The monoisotopic (exact) mass is 641 g/mol. The summed E-state index contributed by atoms with van der Waals surface area (Å²) in [4.78, 5) is 33.7. The number of nitrogens with two attached hydrogens (primary N) is 1. The summed E-state index contributed by atoms with van der Waals surface area (Å²) >= 11 is 7.21. The fourth-order valence-corrected chi connectivity index (χ4v) is 6.96. The molecule has 8 nitrogen and oxygen atoms in total. The van der Waals surface area contributed by atoms with Crippen LogP contribution in [0.25, 0.3) is 22.0 Å². The van der Waals surface area contributed by atoms with Gasteiger partial charge in [0.1, 0.15) is 11.6 Å². The molecule has 5 rings (SSSR count). The lowest BCUT2D eigenvalue weighted by molar-refractivity contribution is -0.137. The number of thioether (sulfide) groups is 1. The average Bonchev–Trinajstić information content (AvgIpc) is 3.19. The molecule has 1 saturated heterocycles. The van der Waals surface area contributed by atoms with Gasteiger partial charge >= 0.3 is 11.9 Å². The van der Waals surface area contributed by atoms with Crippen LogP contribution in [-0.2, 0) is 17.5 Å². The van der Waals surface area contributed by atoms with Crippen LogP contribution in [0.1, 0.15) is 25.8 Å². The number of hydrogen-bond donors (Lipinski definition) is 2. The second-order valence-corrected chi connectivity index (χ2v) is 11.8. The molecular weight excluding hydrogens is 610 g/mol. The van der Waals surface area contributed by atoms with E-state index in [1.807, 2.05) is 13.8 Å². The maximum atomic E-state index is 14.7. The summed E-state index contributed by atoms with van der Waals surface area (Å²) in [5, 5.41) is 7.65. The summed E-state index contributed by atoms with van der Waals surface area (Å²) < 4.78 is 59.4. The number of nitrogens with zero attached hydrogens (tertiary/aromatic N) is 4. The molecule has 232 valence electrons. The van der Waals surface area contributed by atoms with Crippen molar-refractivity contribution in [1.29, 1.82) is 0 Å². The number of rotatable bonds is 4. The number of carbonyl (C=O) groups excluding carboxylic acids is 1. The number of benzene rings is 2. The number of aromatic nitrogens is 2. The van der Waals surface area contributed by atoms with Crippen molar-refractivity contribution in [3.05, 3.63) is 63.8 Å². The fourth-order valence-electron chi connectivity index (χ4n) is 5.58. The molecule has 2 atom stereocenters. The molecular formula is C29H32ClF4N5O3S. The molecule has 2 aromatic carbocycles. The lowest BCUT2D eigenvalue weighted by Gasteiger charge is -2.44. The first-order chi connectivity index (χ1) is 20.3. The van der Waals surface area contributed by atoms with E-state index in [-0.39, 0.29) is 69.9 Å². The zero-order chi connectivity index (χ0) is 31.6. The summed E-state index contributed by atoms with van der Waals surface area (Å²) in [5.41, 5.74) is 3.63. The van der Waals surface area contributed by atoms with Gasteiger partial charge in [0.2, 0.25) is 5.91 Å². The number of aliphatic hydroxyl groups excluding tert-OH is 1. The lowest BCUT2D eigenvalue weighted by Crippen LogP contribution is -2.58. The second kappa shape index (κ2) is 13.2. The van der Waals surface area contributed by atoms with Crippen LogP contribution < -0.4 is 16.3 Å². The zero-order valence-corrected chi connectivity index (χ0v) is 25.2. The fraction of sp³-hybridized carbons (Fsp3) is 0.414. The predicted octanol–water partition coefficient (Wildman–Crippen LogP) is 4.92. The van der Waals surface area contributed by atoms with E-state index in [2.05, 4.69) is 11.6 Å². The third kappa shape index (κ3) is 6.54. The highest BCUT2D eigenvalue weighted by atomic mass is 35.5. The lowest BCUT2D eigenvalue weighted by atomic mass is 9.96. The predicted molar refractivity (Wildman–Crippen MR) is 161 cm³/mol. The normalized spacial score (nSPS) is 18.6. The molecule has 0 spiro atoms. The van der Waals surface area contributed by atoms with Gasteiger partial charge in [0, 0.05) is 54.1 Å². The van der Waals surface area contributed by atoms with Crippen molar-refractivity contribution in [3.8, 4) is 11.1 Å². The van der Waals surface area contributed by atoms with Gasteiger partial charge in [0.05, 0.1) is 22.7 Å². The van der Waals surface area contributed by atoms with Gasteiger partial charge < -0.3 is 20.6 Å². The van der Waals surface area contributed by atoms with E-state index in [4.69, 9.17) is 22.4 Å². The Balaban J connectivity index is 0.000000996. The zero-order valence-electron chi connectivity index (χ0n) is 23.6. The minimum Gasteiger partial charge on any atom is -0.395 e. The third-order valence-electron chi connectivity index (χ3n) is 7.26. The number of alkyl halides is 3. The summed E-state index contributed by atoms with van der Waals surface area (Å²) in [5.74, 6) is -0.359. The van der Waals surface area contributed by atoms with Crippen molar-refractivity contribution in [2.75, 3.05) is 36.9 Å². The highest BCUT2D eigenvalue weighted by Gasteiger charge is 2.39. The minimum atomic E-state index is -4.76. The molecule has 2 unspecified atom stereocenters. The maximum absolute atomic E-state index is 14.7. The third-order valence-corrected chi connectivity index (χ3v) is 8.73. The van der Waals surface area contributed by atoms with E-state index in [0.29, 0.717) is 30.8 Å². The molecule has 3 heterocycles. The molecule has 0 aliphatic carbocycles. The van der Waals surface area contributed by atoms with Gasteiger partial charge in [0.25, 0.3) is 0 Å². The average molecular weight is 642 g/mol. The Kier molecular flexibility index (Phi) is 10.1. The van der Waals surface area contributed by atoms with E-state index in [9.17, 15) is 27.2 Å². The second-order valence-electron chi connectivity index (χ2n) is 10.3. The number of carbonyl (C=O) groups is 1. The SMILES string of the molecule is C=CC(=O)N1C(C)CN(c2nc(=O)n3c4c(c(-c5ccc(F)c(Cl)c5)c(C(F)(F)F)cc24)SCCC3)CC1C.NCCO. The largest absolute Gasteiger partial charge is 0.417 e. The Morgan fingerprint density at radius 2 is 1.91 bits per heavy atom. The first kappa shape index (κ1) is 32.8. The van der Waals surface area contributed by atoms with Crippen molar-refractivity contribution in [3.63, 3.8) is 0 Å². The molecule has 1 fully saturated rings. The maximum Gasteiger partial charge on any atom is 0.417 e. The molecule has 0 radical (unpaired) electrons. The van der Waals surface area contributed by atoms with Crippen molar-refractivity contribution in [2.45, 2.75) is 50.0 Å². The number of aliphatic hydroxyl groups is 1. The molecule has 2 aliphatic rings. The van der Waals surface area contributed by atoms with Gasteiger partial charge in [-0.05, 0) is 55.9 Å². The van der Waals surface area contributed by atoms with Gasteiger partial charge in [-0.15, -0.1) is 11.8 Å². The summed E-state index contributed by atoms with van der Waals surface area (Å²) in [6, 6.07) is 3.92. The van der Waals surface area contributed by atoms with Gasteiger partial charge in [-0.3, -0.25) is 9.36 Å². The van der Waals surface area contributed by atoms with Crippen LogP contribution in [0.5, 0.6) is 0 Å². The van der Waals surface area contributed by atoms with E-state index in [1.54, 1.807) is 9.80 Å². The van der Waals surface area contributed by atoms with Crippen LogP contribution in [0.2, 0.25) is 5.02 Å². The molecule has 0 bridgehead atoms. The Bertz CT molecular complexity index is 1590. The van der Waals surface area contributed by atoms with Crippen LogP contribution in [-0.4, -0.2) is 69.5 Å². The molecule has 0 saturated carbocycles. The van der Waals surface area contributed by atoms with Gasteiger partial charge in [-0.25, -0.2) is 9.18 Å². The Morgan fingerprint density at radius 1 is 1.26 bits per heavy atom. The van der Waals surface area contributed by atoms with Crippen LogP contribution in [0.15, 0.2) is 46.6 Å². The highest BCUT2D eigenvalue weighted by Crippen LogP contribution is 2.48. The molecule has 43 heavy (non-hydrogen) atoms. The van der Waals surface area contributed by atoms with Crippen LogP contribution >= 0.6 is 23.4 Å². The first-order valence-corrected chi connectivity index (χ1v) is 15.0. The van der Waals surface area contributed by atoms with Crippen molar-refractivity contribution < 1.29 is 27.5 Å². The smallest absolute Gasteiger partial charge is 0.395 e. The molecule has 3 N–H and O–H groups in total. The molecule has 3 aromatic rings. The van der Waals surface area contributed by atoms with Gasteiger partial charge in [-0.1, -0.05) is 24.2 Å². The number of hydrogen-bond acceptors (Lipinski definition) is 7. The minimum absolute atomic E-state index is 0.0972. The van der Waals surface area contributed by atoms with E-state index in [1.165, 1.54) is 34.5 Å². The topological polar surface area (TPSA) is 105 Å². The van der Waals surface area contributed by atoms with Crippen molar-refractivity contribution >= 4 is 46.0 Å². The van der Waals surface area contributed by atoms with Crippen LogP contribution in [0.4, 0.5) is 23.4 Å². The molecule has 2 aliphatic heterocycles. The van der Waals surface area contributed by atoms with Gasteiger partial charge in [-0.2, -0.15) is 18.2 Å².